The average molecular weight is 363 g/mol. The van der Waals surface area contributed by atoms with Gasteiger partial charge in [-0.15, -0.1) is 0 Å². The Labute approximate surface area is 158 Å². The van der Waals surface area contributed by atoms with Gasteiger partial charge in [0, 0.05) is 6.08 Å². The number of benzene rings is 1. The first-order valence-electron chi connectivity index (χ1n) is 9.87. The van der Waals surface area contributed by atoms with Gasteiger partial charge in [0.2, 0.25) is 0 Å². The number of carbonyl (C=O) groups is 1. The number of hydrogen-bond donors (Lipinski definition) is 0. The number of carbonyl (C=O) groups excluding carboxylic acids is 1. The molecule has 0 heterocycles. The number of esters is 1. The molecule has 0 radical (unpaired) electrons. The SMILES string of the molecule is CCCCCCOc1ccc(/C=C/C(=O)OC)cc1OCCCCCC. The van der Waals surface area contributed by atoms with Crippen LogP contribution in [0, 0.1) is 0 Å². The lowest BCUT2D eigenvalue weighted by atomic mass is 10.2. The molecule has 0 aliphatic rings. The highest BCUT2D eigenvalue weighted by atomic mass is 16.5. The Kier molecular flexibility index (Phi) is 12.1. The molecule has 4 heteroatoms. The maximum Gasteiger partial charge on any atom is 0.330 e. The summed E-state index contributed by atoms with van der Waals surface area (Å²) in [6.45, 7) is 5.77. The van der Waals surface area contributed by atoms with Crippen LogP contribution in [-0.2, 0) is 9.53 Å². The fourth-order valence-corrected chi connectivity index (χ4v) is 2.51. The second kappa shape index (κ2) is 14.2. The van der Waals surface area contributed by atoms with E-state index in [1.807, 2.05) is 18.2 Å². The molecule has 0 N–H and O–H groups in total. The Morgan fingerprint density at radius 1 is 0.885 bits per heavy atom. The van der Waals surface area contributed by atoms with Crippen molar-refractivity contribution in [2.75, 3.05) is 20.3 Å². The highest BCUT2D eigenvalue weighted by molar-refractivity contribution is 5.87. The van der Waals surface area contributed by atoms with Crippen molar-refractivity contribution in [2.24, 2.45) is 0 Å². The molecule has 0 fully saturated rings. The smallest absolute Gasteiger partial charge is 0.330 e. The molecule has 0 saturated heterocycles. The lowest BCUT2D eigenvalue weighted by Gasteiger charge is -2.13. The summed E-state index contributed by atoms with van der Waals surface area (Å²) < 4.78 is 16.5. The number of methoxy groups -OCH3 is 1. The van der Waals surface area contributed by atoms with Crippen molar-refractivity contribution in [3.63, 3.8) is 0 Å². The van der Waals surface area contributed by atoms with E-state index < -0.39 is 0 Å². The molecule has 146 valence electrons. The Morgan fingerprint density at radius 3 is 2.08 bits per heavy atom. The van der Waals surface area contributed by atoms with E-state index in [-0.39, 0.29) is 5.97 Å². The molecule has 1 aromatic carbocycles. The van der Waals surface area contributed by atoms with Gasteiger partial charge < -0.3 is 14.2 Å². The van der Waals surface area contributed by atoms with Gasteiger partial charge in [-0.3, -0.25) is 0 Å². The first-order valence-corrected chi connectivity index (χ1v) is 9.87. The van der Waals surface area contributed by atoms with Crippen molar-refractivity contribution in [3.05, 3.63) is 29.8 Å². The minimum Gasteiger partial charge on any atom is -0.490 e. The summed E-state index contributed by atoms with van der Waals surface area (Å²) in [5, 5.41) is 0. The summed E-state index contributed by atoms with van der Waals surface area (Å²) in [7, 11) is 1.37. The molecule has 0 saturated carbocycles. The van der Waals surface area contributed by atoms with E-state index in [0.29, 0.717) is 13.2 Å². The van der Waals surface area contributed by atoms with Crippen molar-refractivity contribution in [1.82, 2.24) is 0 Å². The van der Waals surface area contributed by atoms with Crippen molar-refractivity contribution in [2.45, 2.75) is 65.2 Å². The molecule has 0 aliphatic carbocycles. The van der Waals surface area contributed by atoms with Crippen LogP contribution in [0.1, 0.15) is 70.8 Å². The summed E-state index contributed by atoms with van der Waals surface area (Å²) in [6.07, 6.45) is 12.5. The van der Waals surface area contributed by atoms with Gasteiger partial charge in [0.15, 0.2) is 11.5 Å². The third-order valence-corrected chi connectivity index (χ3v) is 4.09. The van der Waals surface area contributed by atoms with Gasteiger partial charge in [-0.1, -0.05) is 58.4 Å². The summed E-state index contributed by atoms with van der Waals surface area (Å²) >= 11 is 0. The summed E-state index contributed by atoms with van der Waals surface area (Å²) in [6, 6.07) is 5.75. The normalized spacial score (nSPS) is 10.9. The number of rotatable bonds is 14. The van der Waals surface area contributed by atoms with E-state index in [1.165, 1.54) is 51.7 Å². The number of unbranched alkanes of at least 4 members (excludes halogenated alkanes) is 6. The van der Waals surface area contributed by atoms with Crippen LogP contribution in [0.2, 0.25) is 0 Å². The molecule has 4 nitrogen and oxygen atoms in total. The molecule has 0 bridgehead atoms. The highest BCUT2D eigenvalue weighted by Gasteiger charge is 2.07. The molecule has 26 heavy (non-hydrogen) atoms. The predicted molar refractivity (Wildman–Crippen MR) is 107 cm³/mol. The first kappa shape index (κ1) is 22.1. The quantitative estimate of drug-likeness (QED) is 0.239. The molecule has 0 amide bonds. The summed E-state index contributed by atoms with van der Waals surface area (Å²) in [4.78, 5) is 11.3. The standard InChI is InChI=1S/C22H34O4/c1-4-6-8-10-16-25-20-14-12-19(13-15-22(23)24-3)18-21(20)26-17-11-9-7-5-2/h12-15,18H,4-11,16-17H2,1-3H3/b15-13+. The van der Waals surface area contributed by atoms with Crippen LogP contribution in [0.15, 0.2) is 24.3 Å². The molecule has 1 rings (SSSR count). The Morgan fingerprint density at radius 2 is 1.50 bits per heavy atom. The second-order valence-electron chi connectivity index (χ2n) is 6.38. The van der Waals surface area contributed by atoms with Crippen LogP contribution in [0.4, 0.5) is 0 Å². The second-order valence-corrected chi connectivity index (χ2v) is 6.38. The molecule has 0 aliphatic heterocycles. The van der Waals surface area contributed by atoms with Crippen molar-refractivity contribution < 1.29 is 19.0 Å². The van der Waals surface area contributed by atoms with Crippen molar-refractivity contribution in [1.29, 1.82) is 0 Å². The molecular weight excluding hydrogens is 328 g/mol. The number of ether oxygens (including phenoxy) is 3. The third kappa shape index (κ3) is 9.50. The molecule has 0 unspecified atom stereocenters. The van der Waals surface area contributed by atoms with Gasteiger partial charge in [0.25, 0.3) is 0 Å². The minimum atomic E-state index is -0.372. The van der Waals surface area contributed by atoms with Crippen molar-refractivity contribution in [3.8, 4) is 11.5 Å². The largest absolute Gasteiger partial charge is 0.490 e. The first-order chi connectivity index (χ1) is 12.7. The van der Waals surface area contributed by atoms with Gasteiger partial charge in [-0.2, -0.15) is 0 Å². The van der Waals surface area contributed by atoms with Gasteiger partial charge >= 0.3 is 5.97 Å². The zero-order chi connectivity index (χ0) is 19.0. The fraction of sp³-hybridized carbons (Fsp3) is 0.591. The molecule has 0 atom stereocenters. The monoisotopic (exact) mass is 362 g/mol. The van der Waals surface area contributed by atoms with Crippen LogP contribution in [-0.4, -0.2) is 26.3 Å². The van der Waals surface area contributed by atoms with Crippen molar-refractivity contribution >= 4 is 12.0 Å². The van der Waals surface area contributed by atoms with Gasteiger partial charge in [0.05, 0.1) is 20.3 Å². The van der Waals surface area contributed by atoms with Gasteiger partial charge in [-0.25, -0.2) is 4.79 Å². The lowest BCUT2D eigenvalue weighted by molar-refractivity contribution is -0.134. The van der Waals surface area contributed by atoms with E-state index in [2.05, 4.69) is 18.6 Å². The zero-order valence-corrected chi connectivity index (χ0v) is 16.6. The summed E-state index contributed by atoms with van der Waals surface area (Å²) in [5.74, 6) is 1.14. The van der Waals surface area contributed by atoms with Crippen LogP contribution in [0.3, 0.4) is 0 Å². The maximum atomic E-state index is 11.3. The maximum absolute atomic E-state index is 11.3. The molecular formula is C22H34O4. The average Bonchev–Trinajstić information content (AvgIpc) is 2.66. The van der Waals surface area contributed by atoms with E-state index in [1.54, 1.807) is 6.08 Å². The molecule has 1 aromatic rings. The van der Waals surface area contributed by atoms with E-state index >= 15 is 0 Å². The van der Waals surface area contributed by atoms with Crippen LogP contribution < -0.4 is 9.47 Å². The van der Waals surface area contributed by atoms with E-state index in [0.717, 1.165) is 29.9 Å². The Balaban J connectivity index is 2.69. The molecule has 0 aromatic heterocycles. The Bertz CT molecular complexity index is 537. The van der Waals surface area contributed by atoms with Crippen LogP contribution in [0.25, 0.3) is 6.08 Å². The van der Waals surface area contributed by atoms with E-state index in [4.69, 9.17) is 9.47 Å². The number of hydrogen-bond acceptors (Lipinski definition) is 4. The fourth-order valence-electron chi connectivity index (χ4n) is 2.51. The summed E-state index contributed by atoms with van der Waals surface area (Å²) in [5.41, 5.74) is 0.886. The lowest BCUT2D eigenvalue weighted by Crippen LogP contribution is -2.03. The third-order valence-electron chi connectivity index (χ3n) is 4.09. The zero-order valence-electron chi connectivity index (χ0n) is 16.6. The highest BCUT2D eigenvalue weighted by Crippen LogP contribution is 2.29. The molecule has 0 spiro atoms. The Hall–Kier alpha value is -1.97. The van der Waals surface area contributed by atoms with E-state index in [9.17, 15) is 4.79 Å². The topological polar surface area (TPSA) is 44.8 Å². The minimum absolute atomic E-state index is 0.372. The van der Waals surface area contributed by atoms with Gasteiger partial charge in [-0.05, 0) is 36.6 Å². The van der Waals surface area contributed by atoms with Gasteiger partial charge in [0.1, 0.15) is 0 Å². The predicted octanol–water partition coefficient (Wildman–Crippen LogP) is 5.79. The van der Waals surface area contributed by atoms with Crippen LogP contribution in [0.5, 0.6) is 11.5 Å². The van der Waals surface area contributed by atoms with Crippen LogP contribution >= 0.6 is 0 Å².